The Labute approximate surface area is 433 Å². The number of benzene rings is 4. The van der Waals surface area contributed by atoms with Gasteiger partial charge in [-0.05, 0) is 93.9 Å². The van der Waals surface area contributed by atoms with Crippen LogP contribution in [0.25, 0.3) is 21.5 Å². The van der Waals surface area contributed by atoms with Gasteiger partial charge in [0.15, 0.2) is 0 Å². The number of imide groups is 2. The SMILES string of the molecule is C1CCCC1.CC1CCCC1.CN1CCN(c2ccc3c4c(cccc24)C(=O)N(CC2CCCC2)C3=O)CC1.CN1CCN(c2ccc3c4c(cccc24)C(=O)N(CC2CCCC2)C3=O)CC1.[Fe].[Fe]. The van der Waals surface area contributed by atoms with Gasteiger partial charge in [0.05, 0.1) is 0 Å². The van der Waals surface area contributed by atoms with Crippen molar-refractivity contribution in [1.82, 2.24) is 19.6 Å². The van der Waals surface area contributed by atoms with Crippen LogP contribution in [0.2, 0.25) is 0 Å². The Morgan fingerprint density at radius 2 is 0.725 bits per heavy atom. The molecule has 374 valence electrons. The number of hydrogen-bond donors (Lipinski definition) is 0. The van der Waals surface area contributed by atoms with E-state index >= 15 is 0 Å². The molecule has 4 aromatic carbocycles. The van der Waals surface area contributed by atoms with Crippen molar-refractivity contribution in [1.29, 1.82) is 0 Å². The fourth-order valence-electron chi connectivity index (χ4n) is 12.2. The number of anilines is 2. The number of amides is 4. The summed E-state index contributed by atoms with van der Waals surface area (Å²) in [4.78, 5) is 65.3. The molecule has 4 aliphatic heterocycles. The summed E-state index contributed by atoms with van der Waals surface area (Å²) in [6, 6.07) is 19.8. The molecule has 0 bridgehead atoms. The summed E-state index contributed by atoms with van der Waals surface area (Å²) in [5.41, 5.74) is 5.00. The standard InChI is InChI=1S/2C23H27N3O2.C6H12.C5H10.2Fe/c2*1-24-11-13-25(14-12-24)20-10-9-19-21-17(20)7-4-8-18(21)22(27)26(23(19)28)15-16-5-2-3-6-16;1-6-4-2-3-5-6;1-2-4-5-3-1;;/h2*4,7-10,16H,2-3,5-6,11-15H2,1H3;6H,2-5H2,1H3;1-5H2;;. The van der Waals surface area contributed by atoms with E-state index in [0.29, 0.717) is 47.2 Å². The van der Waals surface area contributed by atoms with Crippen molar-refractivity contribution in [2.75, 3.05) is 89.3 Å². The number of piperazine rings is 2. The number of hydrogen-bond acceptors (Lipinski definition) is 8. The molecule has 69 heavy (non-hydrogen) atoms. The maximum absolute atomic E-state index is 13.2. The van der Waals surface area contributed by atoms with Crippen LogP contribution in [-0.2, 0) is 34.1 Å². The minimum absolute atomic E-state index is 0. The number of likely N-dealkylation sites (N-methyl/N-ethyl adjacent to an activating group) is 2. The molecule has 8 aliphatic rings. The average molecular weight is 1020 g/mol. The Balaban J connectivity index is 0.000000163. The van der Waals surface area contributed by atoms with Crippen LogP contribution in [0.3, 0.4) is 0 Å². The third kappa shape index (κ3) is 12.0. The zero-order valence-corrected chi connectivity index (χ0v) is 43.8. The second kappa shape index (κ2) is 24.6. The number of carbonyl (C=O) groups is 4. The van der Waals surface area contributed by atoms with E-state index in [0.717, 1.165) is 117 Å². The Hall–Kier alpha value is -3.76. The van der Waals surface area contributed by atoms with Gasteiger partial charge in [-0.25, -0.2) is 0 Å². The monoisotopic (exact) mass is 1020 g/mol. The molecule has 6 fully saturated rings. The van der Waals surface area contributed by atoms with Gasteiger partial charge < -0.3 is 19.6 Å². The summed E-state index contributed by atoms with van der Waals surface area (Å²) in [5.74, 6) is 1.48. The van der Waals surface area contributed by atoms with Gasteiger partial charge >= 0.3 is 0 Å². The normalized spacial score (nSPS) is 21.1. The van der Waals surface area contributed by atoms with Crippen LogP contribution in [-0.4, -0.2) is 123 Å². The van der Waals surface area contributed by atoms with E-state index < -0.39 is 0 Å². The van der Waals surface area contributed by atoms with Crippen LogP contribution >= 0.6 is 0 Å². The molecule has 0 atom stereocenters. The van der Waals surface area contributed by atoms with Crippen LogP contribution in [0, 0.1) is 17.8 Å². The molecule has 0 aromatic heterocycles. The predicted molar refractivity (Wildman–Crippen MR) is 273 cm³/mol. The number of carbonyl (C=O) groups excluding carboxylic acids is 4. The molecule has 0 unspecified atom stereocenters. The maximum atomic E-state index is 13.2. The molecule has 0 spiro atoms. The van der Waals surface area contributed by atoms with Gasteiger partial charge in [0, 0.05) is 155 Å². The quantitative estimate of drug-likeness (QED) is 0.139. The second-order valence-corrected chi connectivity index (χ2v) is 21.2. The first kappa shape index (κ1) is 53.0. The van der Waals surface area contributed by atoms with E-state index in [2.05, 4.69) is 64.9 Å². The minimum Gasteiger partial charge on any atom is -0.368 e. The third-order valence-electron chi connectivity index (χ3n) is 16.4. The molecule has 2 saturated heterocycles. The van der Waals surface area contributed by atoms with Gasteiger partial charge in [-0.1, -0.05) is 115 Å². The van der Waals surface area contributed by atoms with Crippen molar-refractivity contribution in [3.05, 3.63) is 82.9 Å². The van der Waals surface area contributed by atoms with Gasteiger partial charge in [0.25, 0.3) is 23.6 Å². The van der Waals surface area contributed by atoms with Gasteiger partial charge in [0.1, 0.15) is 0 Å². The topological polar surface area (TPSA) is 87.7 Å². The zero-order valence-electron chi connectivity index (χ0n) is 41.6. The van der Waals surface area contributed by atoms with E-state index in [1.807, 2.05) is 36.4 Å². The first-order valence-electron chi connectivity index (χ1n) is 26.4. The van der Waals surface area contributed by atoms with Crippen molar-refractivity contribution in [3.8, 4) is 0 Å². The predicted octanol–water partition coefficient (Wildman–Crippen LogP) is 10.9. The molecule has 12 rings (SSSR count). The first-order chi connectivity index (χ1) is 32.7. The molecule has 0 N–H and O–H groups in total. The number of rotatable bonds is 6. The fourth-order valence-corrected chi connectivity index (χ4v) is 12.2. The number of nitrogens with zero attached hydrogens (tertiary/aromatic N) is 6. The summed E-state index contributed by atoms with van der Waals surface area (Å²) in [7, 11) is 4.29. The van der Waals surface area contributed by atoms with E-state index in [1.54, 1.807) is 0 Å². The van der Waals surface area contributed by atoms with Crippen LogP contribution in [0.1, 0.15) is 158 Å². The maximum Gasteiger partial charge on any atom is 0.261 e. The zero-order chi connectivity index (χ0) is 46.4. The third-order valence-corrected chi connectivity index (χ3v) is 16.4. The van der Waals surface area contributed by atoms with Crippen molar-refractivity contribution in [2.24, 2.45) is 17.8 Å². The van der Waals surface area contributed by atoms with Crippen LogP contribution in [0.15, 0.2) is 60.7 Å². The van der Waals surface area contributed by atoms with Crippen molar-refractivity contribution < 1.29 is 53.3 Å². The van der Waals surface area contributed by atoms with Crippen LogP contribution < -0.4 is 9.80 Å². The van der Waals surface area contributed by atoms with Crippen molar-refractivity contribution >= 4 is 56.5 Å². The fraction of sp³-hybridized carbons (Fsp3) is 0.579. The van der Waals surface area contributed by atoms with Gasteiger partial charge in [-0.3, -0.25) is 29.0 Å². The molecular weight excluding hydrogens is 944 g/mol. The van der Waals surface area contributed by atoms with Crippen LogP contribution in [0.5, 0.6) is 0 Å². The van der Waals surface area contributed by atoms with E-state index in [4.69, 9.17) is 0 Å². The molecule has 4 aromatic rings. The Morgan fingerprint density at radius 3 is 1.04 bits per heavy atom. The first-order valence-corrected chi connectivity index (χ1v) is 26.4. The Kier molecular flexibility index (Phi) is 18.9. The van der Waals surface area contributed by atoms with Crippen molar-refractivity contribution in [3.63, 3.8) is 0 Å². The second-order valence-electron chi connectivity index (χ2n) is 21.2. The molecule has 12 heteroatoms. The van der Waals surface area contributed by atoms with E-state index in [9.17, 15) is 19.2 Å². The van der Waals surface area contributed by atoms with Crippen LogP contribution in [0.4, 0.5) is 11.4 Å². The van der Waals surface area contributed by atoms with Gasteiger partial charge in [0.2, 0.25) is 0 Å². The smallest absolute Gasteiger partial charge is 0.261 e. The summed E-state index contributed by atoms with van der Waals surface area (Å²) in [6.45, 7) is 11.4. The summed E-state index contributed by atoms with van der Waals surface area (Å²) < 4.78 is 0. The van der Waals surface area contributed by atoms with Gasteiger partial charge in [-0.2, -0.15) is 0 Å². The Bertz CT molecular complexity index is 2200. The summed E-state index contributed by atoms with van der Waals surface area (Å²) in [5, 5.41) is 3.75. The molecular formula is C57H76Fe2N6O4. The van der Waals surface area contributed by atoms with Crippen molar-refractivity contribution in [2.45, 2.75) is 116 Å². The molecule has 4 amide bonds. The molecule has 10 nitrogen and oxygen atoms in total. The van der Waals surface area contributed by atoms with E-state index in [1.165, 1.54) is 93.3 Å². The molecule has 0 radical (unpaired) electrons. The molecule has 4 heterocycles. The Morgan fingerprint density at radius 1 is 0.406 bits per heavy atom. The van der Waals surface area contributed by atoms with E-state index in [-0.39, 0.29) is 57.8 Å². The van der Waals surface area contributed by atoms with Gasteiger partial charge in [-0.15, -0.1) is 0 Å². The molecule has 4 aliphatic carbocycles. The minimum atomic E-state index is -0.120. The summed E-state index contributed by atoms with van der Waals surface area (Å²) in [6.07, 6.45) is 22.8. The molecule has 4 saturated carbocycles. The summed E-state index contributed by atoms with van der Waals surface area (Å²) >= 11 is 0. The average Bonchev–Trinajstić information content (AvgIpc) is 4.23. The largest absolute Gasteiger partial charge is 0.368 e.